The Balaban J connectivity index is 3.37. The summed E-state index contributed by atoms with van der Waals surface area (Å²) in [5.41, 5.74) is 5.06. The van der Waals surface area contributed by atoms with Gasteiger partial charge in [0.1, 0.15) is 0 Å². The molecule has 0 spiro atoms. The van der Waals surface area contributed by atoms with Crippen LogP contribution in [0, 0.1) is 11.8 Å². The predicted octanol–water partition coefficient (Wildman–Crippen LogP) is 1.93. The first kappa shape index (κ1) is 10.5. The highest BCUT2D eigenvalue weighted by Crippen LogP contribution is 2.13. The maximum Gasteiger partial charge on any atom is 0.217 e. The number of hydrogen-bond donors (Lipinski definition) is 1. The Morgan fingerprint density at radius 3 is 2.18 bits per heavy atom. The molecule has 2 N–H and O–H groups in total. The molecule has 0 unspecified atom stereocenters. The van der Waals surface area contributed by atoms with Crippen LogP contribution in [-0.2, 0) is 4.79 Å². The third-order valence-electron chi connectivity index (χ3n) is 1.79. The van der Waals surface area contributed by atoms with Gasteiger partial charge in [0.25, 0.3) is 0 Å². The molecule has 0 aliphatic heterocycles. The Hall–Kier alpha value is -0.530. The largest absolute Gasteiger partial charge is 0.370 e. The third-order valence-corrected chi connectivity index (χ3v) is 1.79. The molecule has 0 fully saturated rings. The summed E-state index contributed by atoms with van der Waals surface area (Å²) in [6, 6.07) is 0. The smallest absolute Gasteiger partial charge is 0.217 e. The molecule has 0 aromatic rings. The highest BCUT2D eigenvalue weighted by atomic mass is 16.1. The average Bonchev–Trinajstić information content (AvgIpc) is 1.82. The molecule has 11 heavy (non-hydrogen) atoms. The number of hydrogen-bond acceptors (Lipinski definition) is 1. The number of primary amides is 1. The molecule has 0 rings (SSSR count). The minimum absolute atomic E-state index is 0.179. The Morgan fingerprint density at radius 2 is 1.82 bits per heavy atom. The van der Waals surface area contributed by atoms with Crippen LogP contribution in [0.5, 0.6) is 0 Å². The summed E-state index contributed by atoms with van der Waals surface area (Å²) in [4.78, 5) is 10.5. The molecule has 1 amide bonds. The van der Waals surface area contributed by atoms with Crippen molar-refractivity contribution in [2.24, 2.45) is 17.6 Å². The van der Waals surface area contributed by atoms with E-state index in [4.69, 9.17) is 5.73 Å². The quantitative estimate of drug-likeness (QED) is 0.651. The van der Waals surface area contributed by atoms with Gasteiger partial charge in [-0.05, 0) is 18.3 Å². The molecule has 2 heteroatoms. The minimum atomic E-state index is -0.179. The zero-order valence-electron chi connectivity index (χ0n) is 7.76. The Bertz CT molecular complexity index is 121. The van der Waals surface area contributed by atoms with Crippen LogP contribution in [0.1, 0.15) is 40.0 Å². The lowest BCUT2D eigenvalue weighted by Crippen LogP contribution is -2.14. The van der Waals surface area contributed by atoms with Gasteiger partial charge in [-0.25, -0.2) is 0 Å². The van der Waals surface area contributed by atoms with Crippen LogP contribution in [0.4, 0.5) is 0 Å². The fourth-order valence-electron chi connectivity index (χ4n) is 1.06. The van der Waals surface area contributed by atoms with Crippen LogP contribution in [0.3, 0.4) is 0 Å². The maximum atomic E-state index is 10.5. The molecule has 0 aliphatic rings. The zero-order chi connectivity index (χ0) is 8.85. The molecule has 0 saturated heterocycles. The van der Waals surface area contributed by atoms with Crippen molar-refractivity contribution in [3.05, 3.63) is 0 Å². The average molecular weight is 157 g/mol. The second-order valence-electron chi connectivity index (χ2n) is 3.75. The van der Waals surface area contributed by atoms with Crippen molar-refractivity contribution < 1.29 is 4.79 Å². The Labute approximate surface area is 69.2 Å². The number of amides is 1. The Morgan fingerprint density at radius 1 is 1.27 bits per heavy atom. The summed E-state index contributed by atoms with van der Waals surface area (Å²) in [6.07, 6.45) is 2.84. The van der Waals surface area contributed by atoms with Gasteiger partial charge in [-0.2, -0.15) is 0 Å². The zero-order valence-corrected chi connectivity index (χ0v) is 7.76. The van der Waals surface area contributed by atoms with Gasteiger partial charge in [-0.1, -0.05) is 27.2 Å². The van der Waals surface area contributed by atoms with Gasteiger partial charge in [0.05, 0.1) is 0 Å². The fraction of sp³-hybridized carbons (Fsp3) is 0.889. The summed E-state index contributed by atoms with van der Waals surface area (Å²) in [7, 11) is 0. The van der Waals surface area contributed by atoms with E-state index < -0.39 is 0 Å². The highest BCUT2D eigenvalue weighted by Gasteiger charge is 2.06. The van der Waals surface area contributed by atoms with E-state index in [-0.39, 0.29) is 5.91 Å². The van der Waals surface area contributed by atoms with Crippen LogP contribution < -0.4 is 5.73 Å². The lowest BCUT2D eigenvalue weighted by molar-refractivity contribution is -0.118. The van der Waals surface area contributed by atoms with Crippen molar-refractivity contribution in [1.82, 2.24) is 0 Å². The van der Waals surface area contributed by atoms with Crippen LogP contribution in [-0.4, -0.2) is 5.91 Å². The minimum Gasteiger partial charge on any atom is -0.370 e. The van der Waals surface area contributed by atoms with Gasteiger partial charge in [0.2, 0.25) is 5.91 Å². The molecule has 0 heterocycles. The molecule has 0 aromatic heterocycles. The van der Waals surface area contributed by atoms with Gasteiger partial charge < -0.3 is 5.73 Å². The second-order valence-corrected chi connectivity index (χ2v) is 3.75. The summed E-state index contributed by atoms with van der Waals surface area (Å²) in [5.74, 6) is 1.00. The van der Waals surface area contributed by atoms with E-state index in [2.05, 4.69) is 20.8 Å². The van der Waals surface area contributed by atoms with Crippen molar-refractivity contribution in [2.75, 3.05) is 0 Å². The van der Waals surface area contributed by atoms with E-state index in [1.807, 2.05) is 0 Å². The van der Waals surface area contributed by atoms with Gasteiger partial charge in [0, 0.05) is 6.42 Å². The van der Waals surface area contributed by atoms with Crippen LogP contribution in [0.15, 0.2) is 0 Å². The molecule has 2 nitrogen and oxygen atoms in total. The van der Waals surface area contributed by atoms with Crippen molar-refractivity contribution in [2.45, 2.75) is 40.0 Å². The van der Waals surface area contributed by atoms with Crippen LogP contribution in [0.2, 0.25) is 0 Å². The molecular formula is C9H19NO. The van der Waals surface area contributed by atoms with Crippen LogP contribution in [0.25, 0.3) is 0 Å². The first-order chi connectivity index (χ1) is 5.02. The van der Waals surface area contributed by atoms with E-state index in [0.29, 0.717) is 12.3 Å². The highest BCUT2D eigenvalue weighted by molar-refractivity contribution is 5.73. The predicted molar refractivity (Wildman–Crippen MR) is 47.0 cm³/mol. The molecular weight excluding hydrogens is 138 g/mol. The number of carbonyl (C=O) groups is 1. The van der Waals surface area contributed by atoms with Gasteiger partial charge in [-0.15, -0.1) is 0 Å². The first-order valence-electron chi connectivity index (χ1n) is 4.30. The summed E-state index contributed by atoms with van der Waals surface area (Å²) >= 11 is 0. The van der Waals surface area contributed by atoms with Crippen molar-refractivity contribution in [3.8, 4) is 0 Å². The van der Waals surface area contributed by atoms with E-state index in [9.17, 15) is 4.79 Å². The second kappa shape index (κ2) is 5.16. The number of carbonyl (C=O) groups excluding carboxylic acids is 1. The normalized spacial score (nSPS) is 13.5. The summed E-state index contributed by atoms with van der Waals surface area (Å²) in [6.45, 7) is 6.46. The molecule has 66 valence electrons. The topological polar surface area (TPSA) is 43.1 Å². The molecule has 0 radical (unpaired) electrons. The summed E-state index contributed by atoms with van der Waals surface area (Å²) < 4.78 is 0. The van der Waals surface area contributed by atoms with Gasteiger partial charge in [-0.3, -0.25) is 4.79 Å². The first-order valence-corrected chi connectivity index (χ1v) is 4.30. The van der Waals surface area contributed by atoms with E-state index in [1.165, 1.54) is 6.42 Å². The van der Waals surface area contributed by atoms with Crippen molar-refractivity contribution in [1.29, 1.82) is 0 Å². The lowest BCUT2D eigenvalue weighted by Gasteiger charge is -2.10. The van der Waals surface area contributed by atoms with Gasteiger partial charge >= 0.3 is 0 Å². The van der Waals surface area contributed by atoms with Crippen molar-refractivity contribution in [3.63, 3.8) is 0 Å². The van der Waals surface area contributed by atoms with E-state index in [1.54, 1.807) is 0 Å². The molecule has 0 aliphatic carbocycles. The summed E-state index contributed by atoms with van der Waals surface area (Å²) in [5, 5.41) is 0. The van der Waals surface area contributed by atoms with E-state index in [0.717, 1.165) is 12.3 Å². The fourth-order valence-corrected chi connectivity index (χ4v) is 1.06. The lowest BCUT2D eigenvalue weighted by atomic mass is 9.97. The maximum absolute atomic E-state index is 10.5. The van der Waals surface area contributed by atoms with E-state index >= 15 is 0 Å². The van der Waals surface area contributed by atoms with Crippen molar-refractivity contribution >= 4 is 5.91 Å². The number of nitrogens with two attached hydrogens (primary N) is 1. The Kier molecular flexibility index (Phi) is 4.92. The molecule has 1 atom stereocenters. The number of rotatable bonds is 5. The monoisotopic (exact) mass is 157 g/mol. The molecule has 0 bridgehead atoms. The molecule has 0 saturated carbocycles. The standard InChI is InChI=1S/C9H19NO/c1-7(2)4-5-8(3)6-9(10)11/h7-8H,4-6H2,1-3H3,(H2,10,11)/t8-/m0/s1. The SMILES string of the molecule is CC(C)CC[C@H](C)CC(N)=O. The third kappa shape index (κ3) is 7.37. The molecule has 0 aromatic carbocycles. The van der Waals surface area contributed by atoms with Crippen LogP contribution >= 0.6 is 0 Å². The van der Waals surface area contributed by atoms with Gasteiger partial charge in [0.15, 0.2) is 0 Å².